The summed E-state index contributed by atoms with van der Waals surface area (Å²) in [6.07, 6.45) is 2.54. The largest absolute Gasteiger partial charge is 0.493 e. The van der Waals surface area contributed by atoms with Crippen LogP contribution >= 0.6 is 11.8 Å². The second-order valence-electron chi connectivity index (χ2n) is 3.97. The summed E-state index contributed by atoms with van der Waals surface area (Å²) in [5, 5.41) is 0. The lowest BCUT2D eigenvalue weighted by molar-refractivity contribution is -0.107. The summed E-state index contributed by atoms with van der Waals surface area (Å²) in [4.78, 5) is 10.3. The van der Waals surface area contributed by atoms with Crippen LogP contribution < -0.4 is 9.47 Å². The van der Waals surface area contributed by atoms with Gasteiger partial charge >= 0.3 is 0 Å². The zero-order valence-electron chi connectivity index (χ0n) is 9.85. The SMILES string of the molecule is COc1cc(CCC=O)ccc1OC1CSC1. The van der Waals surface area contributed by atoms with Gasteiger partial charge in [0.25, 0.3) is 0 Å². The van der Waals surface area contributed by atoms with E-state index in [2.05, 4.69) is 0 Å². The van der Waals surface area contributed by atoms with Crippen LogP contribution in [0, 0.1) is 0 Å². The van der Waals surface area contributed by atoms with Crippen molar-refractivity contribution in [2.24, 2.45) is 0 Å². The molecule has 0 unspecified atom stereocenters. The first-order chi connectivity index (χ1) is 8.33. The minimum atomic E-state index is 0.315. The van der Waals surface area contributed by atoms with Crippen molar-refractivity contribution in [2.45, 2.75) is 18.9 Å². The number of methoxy groups -OCH3 is 1. The van der Waals surface area contributed by atoms with Crippen LogP contribution in [0.3, 0.4) is 0 Å². The average molecular weight is 252 g/mol. The molecule has 3 nitrogen and oxygen atoms in total. The fourth-order valence-corrected chi connectivity index (χ4v) is 2.22. The van der Waals surface area contributed by atoms with Crippen molar-refractivity contribution >= 4 is 18.0 Å². The molecule has 1 saturated heterocycles. The number of aldehydes is 1. The van der Waals surface area contributed by atoms with Crippen molar-refractivity contribution in [2.75, 3.05) is 18.6 Å². The molecule has 1 aliphatic rings. The predicted octanol–water partition coefficient (Wildman–Crippen LogP) is 2.32. The molecule has 0 N–H and O–H groups in total. The van der Waals surface area contributed by atoms with Crippen molar-refractivity contribution in [3.05, 3.63) is 23.8 Å². The van der Waals surface area contributed by atoms with Crippen LogP contribution in [0.2, 0.25) is 0 Å². The van der Waals surface area contributed by atoms with Gasteiger partial charge in [-0.2, -0.15) is 11.8 Å². The van der Waals surface area contributed by atoms with Gasteiger partial charge in [-0.05, 0) is 24.1 Å². The molecule has 0 spiro atoms. The van der Waals surface area contributed by atoms with Gasteiger partial charge in [0, 0.05) is 17.9 Å². The summed E-state index contributed by atoms with van der Waals surface area (Å²) in [5.41, 5.74) is 1.10. The van der Waals surface area contributed by atoms with Gasteiger partial charge in [0.1, 0.15) is 12.4 Å². The van der Waals surface area contributed by atoms with Crippen molar-refractivity contribution in [1.82, 2.24) is 0 Å². The van der Waals surface area contributed by atoms with E-state index in [4.69, 9.17) is 9.47 Å². The molecule has 0 amide bonds. The Morgan fingerprint density at radius 3 is 2.82 bits per heavy atom. The monoisotopic (exact) mass is 252 g/mol. The summed E-state index contributed by atoms with van der Waals surface area (Å²) in [6, 6.07) is 5.87. The van der Waals surface area contributed by atoms with E-state index in [0.29, 0.717) is 12.5 Å². The molecule has 92 valence electrons. The predicted molar refractivity (Wildman–Crippen MR) is 69.1 cm³/mol. The van der Waals surface area contributed by atoms with Crippen LogP contribution in [0.1, 0.15) is 12.0 Å². The third kappa shape index (κ3) is 3.16. The van der Waals surface area contributed by atoms with Crippen LogP contribution in [0.4, 0.5) is 0 Å². The molecule has 0 aromatic heterocycles. The number of aryl methyl sites for hydroxylation is 1. The maximum absolute atomic E-state index is 10.3. The number of hydrogen-bond donors (Lipinski definition) is 0. The topological polar surface area (TPSA) is 35.5 Å². The Hall–Kier alpha value is -1.16. The lowest BCUT2D eigenvalue weighted by atomic mass is 10.1. The highest BCUT2D eigenvalue weighted by molar-refractivity contribution is 8.00. The van der Waals surface area contributed by atoms with Crippen molar-refractivity contribution in [3.8, 4) is 11.5 Å². The smallest absolute Gasteiger partial charge is 0.161 e. The normalized spacial score (nSPS) is 15.1. The average Bonchev–Trinajstić information content (AvgIpc) is 2.31. The highest BCUT2D eigenvalue weighted by Gasteiger charge is 2.21. The zero-order chi connectivity index (χ0) is 12.1. The molecule has 1 aromatic carbocycles. The second kappa shape index (κ2) is 5.96. The molecule has 0 atom stereocenters. The lowest BCUT2D eigenvalue weighted by Gasteiger charge is -2.26. The number of rotatable bonds is 6. The van der Waals surface area contributed by atoms with E-state index in [1.807, 2.05) is 30.0 Å². The molecule has 17 heavy (non-hydrogen) atoms. The molecule has 1 aliphatic heterocycles. The Bertz CT molecular complexity index is 388. The minimum absolute atomic E-state index is 0.315. The molecule has 0 saturated carbocycles. The van der Waals surface area contributed by atoms with E-state index in [-0.39, 0.29) is 0 Å². The van der Waals surface area contributed by atoms with Gasteiger partial charge < -0.3 is 14.3 Å². The summed E-state index contributed by atoms with van der Waals surface area (Å²) >= 11 is 1.89. The van der Waals surface area contributed by atoms with Crippen LogP contribution in [-0.4, -0.2) is 31.0 Å². The van der Waals surface area contributed by atoms with Crippen LogP contribution in [0.25, 0.3) is 0 Å². The molecular weight excluding hydrogens is 236 g/mol. The molecule has 1 fully saturated rings. The number of ether oxygens (including phenoxy) is 2. The quantitative estimate of drug-likeness (QED) is 0.728. The van der Waals surface area contributed by atoms with E-state index in [1.54, 1.807) is 7.11 Å². The second-order valence-corrected chi connectivity index (χ2v) is 5.04. The molecule has 0 radical (unpaired) electrons. The van der Waals surface area contributed by atoms with Gasteiger partial charge in [0.2, 0.25) is 0 Å². The van der Waals surface area contributed by atoms with Crippen molar-refractivity contribution in [1.29, 1.82) is 0 Å². The minimum Gasteiger partial charge on any atom is -0.493 e. The van der Waals surface area contributed by atoms with E-state index in [1.165, 1.54) is 0 Å². The Labute approximate surface area is 105 Å². The van der Waals surface area contributed by atoms with Gasteiger partial charge in [0.05, 0.1) is 7.11 Å². The maximum atomic E-state index is 10.3. The lowest BCUT2D eigenvalue weighted by Crippen LogP contribution is -2.31. The Morgan fingerprint density at radius 1 is 1.41 bits per heavy atom. The van der Waals surface area contributed by atoms with Crippen molar-refractivity contribution in [3.63, 3.8) is 0 Å². The van der Waals surface area contributed by atoms with Gasteiger partial charge in [-0.25, -0.2) is 0 Å². The molecule has 4 heteroatoms. The first-order valence-corrected chi connectivity index (χ1v) is 6.84. The molecule has 1 aromatic rings. The number of benzene rings is 1. The van der Waals surface area contributed by atoms with Gasteiger partial charge in [-0.15, -0.1) is 0 Å². The Morgan fingerprint density at radius 2 is 2.24 bits per heavy atom. The number of carbonyl (C=O) groups is 1. The summed E-state index contributed by atoms with van der Waals surface area (Å²) in [5.74, 6) is 3.66. The highest BCUT2D eigenvalue weighted by Crippen LogP contribution is 2.32. The Kier molecular flexibility index (Phi) is 4.31. The maximum Gasteiger partial charge on any atom is 0.161 e. The third-order valence-electron chi connectivity index (χ3n) is 2.68. The van der Waals surface area contributed by atoms with Crippen LogP contribution in [0.15, 0.2) is 18.2 Å². The molecule has 0 bridgehead atoms. The number of hydrogen-bond acceptors (Lipinski definition) is 4. The Balaban J connectivity index is 2.06. The number of carbonyl (C=O) groups excluding carboxylic acids is 1. The summed E-state index contributed by atoms with van der Waals surface area (Å²) < 4.78 is 11.1. The van der Waals surface area contributed by atoms with E-state index >= 15 is 0 Å². The van der Waals surface area contributed by atoms with Gasteiger partial charge in [0.15, 0.2) is 11.5 Å². The molecule has 1 heterocycles. The molecular formula is C13H16O3S. The van der Waals surface area contributed by atoms with Gasteiger partial charge in [-0.3, -0.25) is 0 Å². The number of thioether (sulfide) groups is 1. The first-order valence-electron chi connectivity index (χ1n) is 5.68. The molecule has 2 rings (SSSR count). The highest BCUT2D eigenvalue weighted by atomic mass is 32.2. The van der Waals surface area contributed by atoms with Crippen LogP contribution in [-0.2, 0) is 11.2 Å². The molecule has 0 aliphatic carbocycles. The standard InChI is InChI=1S/C13H16O3S/c1-15-13-7-10(3-2-6-14)4-5-12(13)16-11-8-17-9-11/h4-7,11H,2-3,8-9H2,1H3. The summed E-state index contributed by atoms with van der Waals surface area (Å²) in [7, 11) is 1.64. The van der Waals surface area contributed by atoms with Gasteiger partial charge in [-0.1, -0.05) is 6.07 Å². The first kappa shape index (κ1) is 12.3. The fourth-order valence-electron chi connectivity index (χ4n) is 1.65. The van der Waals surface area contributed by atoms with E-state index in [9.17, 15) is 4.79 Å². The van der Waals surface area contributed by atoms with E-state index in [0.717, 1.165) is 41.3 Å². The fraction of sp³-hybridized carbons (Fsp3) is 0.462. The summed E-state index contributed by atoms with van der Waals surface area (Å²) in [6.45, 7) is 0. The van der Waals surface area contributed by atoms with E-state index < -0.39 is 0 Å². The third-order valence-corrected chi connectivity index (χ3v) is 3.89. The van der Waals surface area contributed by atoms with Crippen LogP contribution in [0.5, 0.6) is 11.5 Å². The van der Waals surface area contributed by atoms with Crippen molar-refractivity contribution < 1.29 is 14.3 Å². The zero-order valence-corrected chi connectivity index (χ0v) is 10.7.